The molecule has 2 aromatic carbocycles. The highest BCUT2D eigenvalue weighted by Gasteiger charge is 2.54. The summed E-state index contributed by atoms with van der Waals surface area (Å²) in [5.74, 6) is 1.24. The summed E-state index contributed by atoms with van der Waals surface area (Å²) in [5.41, 5.74) is 4.91. The summed E-state index contributed by atoms with van der Waals surface area (Å²) in [6.07, 6.45) is 5.00. The number of carbonyl (C=O) groups is 4. The molecule has 382 valence electrons. The number of hydrogen-bond acceptors (Lipinski definition) is 14. The Kier molecular flexibility index (Phi) is 16.5. The van der Waals surface area contributed by atoms with E-state index in [4.69, 9.17) is 16.3 Å². The van der Waals surface area contributed by atoms with E-state index in [1.165, 1.54) is 11.1 Å². The number of thiazole rings is 1. The molecule has 4 aliphatic rings. The molecule has 2 saturated heterocycles. The van der Waals surface area contributed by atoms with Crippen molar-refractivity contribution in [2.45, 2.75) is 108 Å². The Morgan fingerprint density at radius 1 is 1.03 bits per heavy atom. The molecule has 3 atom stereocenters. The first-order valence-electron chi connectivity index (χ1n) is 24.5. The van der Waals surface area contributed by atoms with Crippen molar-refractivity contribution in [1.82, 2.24) is 40.3 Å². The molecule has 4 aromatic rings. The number of likely N-dealkylation sites (tertiary alicyclic amines) is 1. The van der Waals surface area contributed by atoms with Crippen molar-refractivity contribution in [3.05, 3.63) is 75.5 Å². The molecule has 8 rings (SSSR count). The highest BCUT2D eigenvalue weighted by molar-refractivity contribution is 8.00. The Bertz CT molecular complexity index is 2580. The molecule has 20 heteroatoms. The van der Waals surface area contributed by atoms with Gasteiger partial charge in [0.05, 0.1) is 41.2 Å². The number of aryl methyl sites for hydroxylation is 2. The van der Waals surface area contributed by atoms with Crippen LogP contribution in [0.3, 0.4) is 0 Å². The third-order valence-electron chi connectivity index (χ3n) is 14.5. The zero-order valence-corrected chi connectivity index (χ0v) is 43.7. The minimum atomic E-state index is -2.00. The van der Waals surface area contributed by atoms with E-state index in [-0.39, 0.29) is 38.3 Å². The van der Waals surface area contributed by atoms with Crippen LogP contribution in [0.4, 0.5) is 21.8 Å². The summed E-state index contributed by atoms with van der Waals surface area (Å²) in [6.45, 7) is 11.7. The Balaban J connectivity index is 0.814. The zero-order valence-electron chi connectivity index (χ0n) is 41.4. The van der Waals surface area contributed by atoms with E-state index >= 15 is 4.39 Å². The average Bonchev–Trinajstić information content (AvgIpc) is 3.77. The molecule has 4 heterocycles. The van der Waals surface area contributed by atoms with Crippen molar-refractivity contribution < 1.29 is 33.4 Å². The molecule has 2 aliphatic heterocycles. The molecule has 4 amide bonds. The second kappa shape index (κ2) is 22.4. The summed E-state index contributed by atoms with van der Waals surface area (Å²) in [5, 5.41) is 23.1. The molecule has 1 unspecified atom stereocenters. The predicted octanol–water partition coefficient (Wildman–Crippen LogP) is 7.01. The van der Waals surface area contributed by atoms with Crippen LogP contribution in [-0.4, -0.2) is 146 Å². The third kappa shape index (κ3) is 12.4. The van der Waals surface area contributed by atoms with Gasteiger partial charge in [-0.25, -0.2) is 14.4 Å². The van der Waals surface area contributed by atoms with Crippen LogP contribution in [-0.2, 0) is 20.9 Å². The van der Waals surface area contributed by atoms with Crippen molar-refractivity contribution in [1.29, 1.82) is 0 Å². The van der Waals surface area contributed by atoms with Crippen LogP contribution in [0.25, 0.3) is 10.4 Å². The smallest absolute Gasteiger partial charge is 0.258 e. The largest absolute Gasteiger partial charge is 0.495 e. The van der Waals surface area contributed by atoms with E-state index in [2.05, 4.69) is 47.2 Å². The fraction of sp³-hybridized carbons (Fsp3) is 0.549. The van der Waals surface area contributed by atoms with E-state index < -0.39 is 46.3 Å². The minimum Gasteiger partial charge on any atom is -0.495 e. The second-order valence-corrected chi connectivity index (χ2v) is 22.9. The Labute approximate surface area is 428 Å². The first-order chi connectivity index (χ1) is 33.9. The maximum atomic E-state index is 15.2. The molecule has 2 saturated carbocycles. The highest BCUT2D eigenvalue weighted by Crippen LogP contribution is 2.42. The number of halogens is 2. The number of hydrogen-bond donors (Lipinski definition) is 5. The van der Waals surface area contributed by atoms with Crippen LogP contribution in [0.2, 0.25) is 5.02 Å². The summed E-state index contributed by atoms with van der Waals surface area (Å²) >= 11 is 9.31. The number of nitrogens with zero attached hydrogens (tertiary/aromatic N) is 6. The molecule has 2 aliphatic carbocycles. The number of aromatic nitrogens is 3. The van der Waals surface area contributed by atoms with E-state index in [1.54, 1.807) is 55.5 Å². The van der Waals surface area contributed by atoms with Crippen LogP contribution in [0.15, 0.2) is 48.1 Å². The predicted molar refractivity (Wildman–Crippen MR) is 277 cm³/mol. The van der Waals surface area contributed by atoms with Crippen molar-refractivity contribution in [3.63, 3.8) is 0 Å². The van der Waals surface area contributed by atoms with Crippen LogP contribution < -0.4 is 26.0 Å². The lowest BCUT2D eigenvalue weighted by molar-refractivity contribution is -0.143. The summed E-state index contributed by atoms with van der Waals surface area (Å²) < 4.78 is 20.0. The van der Waals surface area contributed by atoms with E-state index in [0.717, 1.165) is 78.3 Å². The Morgan fingerprint density at radius 3 is 2.42 bits per heavy atom. The van der Waals surface area contributed by atoms with Gasteiger partial charge in [-0.3, -0.25) is 24.1 Å². The quantitative estimate of drug-likeness (QED) is 0.0685. The summed E-state index contributed by atoms with van der Waals surface area (Å²) in [6, 6.07) is 9.28. The molecule has 4 fully saturated rings. The van der Waals surface area contributed by atoms with E-state index in [1.807, 2.05) is 50.2 Å². The lowest BCUT2D eigenvalue weighted by atomic mass is 9.82. The topological polar surface area (TPSA) is 194 Å². The number of alkyl halides is 1. The van der Waals surface area contributed by atoms with Crippen molar-refractivity contribution in [2.24, 2.45) is 11.8 Å². The number of carbonyl (C=O) groups excluding carboxylic acids is 4. The monoisotopic (exact) mass is 1030 g/mol. The maximum Gasteiger partial charge on any atom is 0.258 e. The third-order valence-corrected chi connectivity index (χ3v) is 17.4. The SMILES string of the molecule is CNc1nc(Nc2ccc(C(=O)N3CCN(CC4CCC(CSC(C)(C)[C@H](NC(=O)C5(F)CC5)C(=O)N5C[C@H](O)CC5C(=O)NCc5ccc(-c6scnc6C)cc5C)CC4)CC3)cc2OC)ncc1Cl. The lowest BCUT2D eigenvalue weighted by Crippen LogP contribution is -2.61. The molecule has 0 radical (unpaired) electrons. The molecule has 71 heavy (non-hydrogen) atoms. The summed E-state index contributed by atoms with van der Waals surface area (Å²) in [7, 11) is 3.28. The fourth-order valence-electron chi connectivity index (χ4n) is 9.85. The molecular weight excluding hydrogens is 967 g/mol. The van der Waals surface area contributed by atoms with Crippen LogP contribution >= 0.6 is 34.7 Å². The van der Waals surface area contributed by atoms with Crippen molar-refractivity contribution >= 4 is 75.8 Å². The lowest BCUT2D eigenvalue weighted by Gasteiger charge is -2.40. The maximum absolute atomic E-state index is 15.2. The number of nitrogens with one attached hydrogen (secondary N) is 4. The number of aliphatic hydroxyl groups is 1. The molecule has 16 nitrogen and oxygen atoms in total. The first-order valence-corrected chi connectivity index (χ1v) is 26.8. The highest BCUT2D eigenvalue weighted by atomic mass is 35.5. The van der Waals surface area contributed by atoms with Gasteiger partial charge < -0.3 is 40.9 Å². The van der Waals surface area contributed by atoms with Gasteiger partial charge in [0.25, 0.3) is 11.8 Å². The van der Waals surface area contributed by atoms with E-state index in [0.29, 0.717) is 58.7 Å². The number of anilines is 3. The molecule has 5 N–H and O–H groups in total. The van der Waals surface area contributed by atoms with Crippen LogP contribution in [0.5, 0.6) is 5.75 Å². The normalized spacial score (nSPS) is 21.6. The van der Waals surface area contributed by atoms with Crippen LogP contribution in [0, 0.1) is 25.7 Å². The van der Waals surface area contributed by atoms with Gasteiger partial charge >= 0.3 is 0 Å². The molecular formula is C51H66ClFN10O6S2. The van der Waals surface area contributed by atoms with E-state index in [9.17, 15) is 24.3 Å². The van der Waals surface area contributed by atoms with Gasteiger partial charge in [-0.15, -0.1) is 11.3 Å². The number of β-amino-alcohol motifs (C(OH)–C–C–N with tert-alkyl or cyclic N) is 1. The van der Waals surface area contributed by atoms with Crippen molar-refractivity contribution in [2.75, 3.05) is 69.8 Å². The van der Waals surface area contributed by atoms with Gasteiger partial charge in [0.15, 0.2) is 5.67 Å². The standard InChI is InChI=1S/C51H66ClFN10O6S2/c1-30-21-34(42-31(2)57-29-70-42)11-12-36(30)24-55-45(65)40-23-37(64)27-63(40)47(67)43(59-48(68)51(53)15-16-51)50(3,4)71-28-33-9-7-32(8-10-33)26-61-17-19-62(20-18-61)46(66)35-13-14-39(41(22-35)69-6)58-49-56-25-38(52)44(54-5)60-49/h11-14,21-22,25,29,32-33,37,40,43,64H,7-10,15-20,23-24,26-28H2,1-6H3,(H,55,65)(H,59,68)(H2,54,56,58,60)/t32?,33?,37-,40?,43-/m1/s1. The van der Waals surface area contributed by atoms with Gasteiger partial charge in [-0.05, 0) is 119 Å². The molecule has 0 bridgehead atoms. The second-order valence-electron chi connectivity index (χ2n) is 20.0. The number of aliphatic hydroxyl groups excluding tert-OH is 1. The summed E-state index contributed by atoms with van der Waals surface area (Å²) in [4.78, 5) is 75.1. The fourth-order valence-corrected chi connectivity index (χ4v) is 12.2. The average molecular weight is 1030 g/mol. The number of amides is 4. The number of ether oxygens (including phenoxy) is 1. The Hall–Kier alpha value is -5.08. The van der Waals surface area contributed by atoms with Gasteiger partial charge in [0, 0.05) is 69.6 Å². The Morgan fingerprint density at radius 2 is 1.76 bits per heavy atom. The molecule has 0 spiro atoms. The van der Waals surface area contributed by atoms with Gasteiger partial charge in [-0.1, -0.05) is 29.8 Å². The van der Waals surface area contributed by atoms with Gasteiger partial charge in [0.1, 0.15) is 28.7 Å². The number of rotatable bonds is 18. The number of piperazine rings is 1. The number of thioether (sulfide) groups is 1. The van der Waals surface area contributed by atoms with Crippen LogP contribution in [0.1, 0.15) is 86.0 Å². The number of methoxy groups -OCH3 is 1. The van der Waals surface area contributed by atoms with Gasteiger partial charge in [0.2, 0.25) is 17.8 Å². The zero-order chi connectivity index (χ0) is 50.6. The van der Waals surface area contributed by atoms with Crippen molar-refractivity contribution in [3.8, 4) is 16.2 Å². The molecule has 2 aromatic heterocycles. The van der Waals surface area contributed by atoms with Gasteiger partial charge in [-0.2, -0.15) is 16.7 Å². The number of benzene rings is 2. The first kappa shape index (κ1) is 52.2. The minimum absolute atomic E-state index is 0.0504.